The van der Waals surface area contributed by atoms with Gasteiger partial charge in [0, 0.05) is 18.7 Å². The average Bonchev–Trinajstić information content (AvgIpc) is 2.88. The van der Waals surface area contributed by atoms with Gasteiger partial charge in [0.05, 0.1) is 11.3 Å². The molecule has 0 unspecified atom stereocenters. The van der Waals surface area contributed by atoms with Crippen LogP contribution < -0.4 is 0 Å². The van der Waals surface area contributed by atoms with Crippen LogP contribution in [-0.2, 0) is 16.0 Å². The third kappa shape index (κ3) is 2.93. The smallest absolute Gasteiger partial charge is 0.326 e. The minimum atomic E-state index is -0.987. The number of benzene rings is 1. The van der Waals surface area contributed by atoms with Crippen LogP contribution in [-0.4, -0.2) is 39.4 Å². The van der Waals surface area contributed by atoms with E-state index < -0.39 is 16.9 Å². The zero-order valence-electron chi connectivity index (χ0n) is 10.7. The van der Waals surface area contributed by atoms with E-state index in [-0.39, 0.29) is 18.0 Å². The molecule has 0 aliphatic carbocycles. The average molecular weight is 278 g/mol. The third-order valence-electron chi connectivity index (χ3n) is 3.36. The fraction of sp³-hybridized carbons (Fsp3) is 0.385. The van der Waals surface area contributed by atoms with Crippen LogP contribution in [0.5, 0.6) is 0 Å². The van der Waals surface area contributed by atoms with Crippen molar-refractivity contribution in [2.24, 2.45) is 0 Å². The van der Waals surface area contributed by atoms with E-state index in [2.05, 4.69) is 0 Å². The predicted molar refractivity (Wildman–Crippen MR) is 69.2 cm³/mol. The number of nitro benzene ring substituents is 1. The Bertz CT molecular complexity index is 540. The highest BCUT2D eigenvalue weighted by atomic mass is 16.6. The Balaban J connectivity index is 2.04. The summed E-state index contributed by atoms with van der Waals surface area (Å²) < 4.78 is 0. The van der Waals surface area contributed by atoms with E-state index in [0.29, 0.717) is 24.9 Å². The Labute approximate surface area is 115 Å². The number of rotatable bonds is 4. The minimum Gasteiger partial charge on any atom is -0.480 e. The van der Waals surface area contributed by atoms with Gasteiger partial charge in [0.2, 0.25) is 5.91 Å². The number of nitrogens with zero attached hydrogens (tertiary/aromatic N) is 2. The standard InChI is InChI=1S/C13H14N2O5/c16-12(14-7-1-2-11(14)13(17)18)8-9-3-5-10(6-4-9)15(19)20/h3-6,11H,1-2,7-8H2,(H,17,18)/t11-/m0/s1. The second-order valence-corrected chi connectivity index (χ2v) is 4.68. The molecule has 7 heteroatoms. The molecule has 0 radical (unpaired) electrons. The molecule has 0 spiro atoms. The lowest BCUT2D eigenvalue weighted by molar-refractivity contribution is -0.384. The van der Waals surface area contributed by atoms with E-state index >= 15 is 0 Å². The van der Waals surface area contributed by atoms with Crippen LogP contribution in [0.25, 0.3) is 0 Å². The monoisotopic (exact) mass is 278 g/mol. The van der Waals surface area contributed by atoms with Crippen molar-refractivity contribution in [3.63, 3.8) is 0 Å². The second-order valence-electron chi connectivity index (χ2n) is 4.68. The largest absolute Gasteiger partial charge is 0.480 e. The topological polar surface area (TPSA) is 101 Å². The first kappa shape index (κ1) is 14.0. The van der Waals surface area contributed by atoms with Gasteiger partial charge in [0.15, 0.2) is 0 Å². The summed E-state index contributed by atoms with van der Waals surface area (Å²) in [5.41, 5.74) is 0.599. The molecule has 1 fully saturated rings. The van der Waals surface area contributed by atoms with Gasteiger partial charge < -0.3 is 10.0 Å². The molecule has 1 aromatic rings. The Kier molecular flexibility index (Phi) is 3.97. The lowest BCUT2D eigenvalue weighted by Gasteiger charge is -2.21. The van der Waals surface area contributed by atoms with Gasteiger partial charge in [0.1, 0.15) is 6.04 Å². The molecule has 0 bridgehead atoms. The van der Waals surface area contributed by atoms with Crippen molar-refractivity contribution in [3.8, 4) is 0 Å². The summed E-state index contributed by atoms with van der Waals surface area (Å²) in [6.07, 6.45) is 1.21. The number of hydrogen-bond acceptors (Lipinski definition) is 4. The molecule has 1 atom stereocenters. The summed E-state index contributed by atoms with van der Waals surface area (Å²) in [6.45, 7) is 0.447. The lowest BCUT2D eigenvalue weighted by Crippen LogP contribution is -2.41. The Morgan fingerprint density at radius 3 is 2.55 bits per heavy atom. The first-order valence-corrected chi connectivity index (χ1v) is 6.24. The first-order chi connectivity index (χ1) is 9.49. The van der Waals surface area contributed by atoms with Crippen LogP contribution in [0.2, 0.25) is 0 Å². The number of nitro groups is 1. The van der Waals surface area contributed by atoms with E-state index in [1.807, 2.05) is 0 Å². The molecule has 2 rings (SSSR count). The summed E-state index contributed by atoms with van der Waals surface area (Å²) in [6, 6.07) is 4.95. The highest BCUT2D eigenvalue weighted by Gasteiger charge is 2.33. The summed E-state index contributed by atoms with van der Waals surface area (Å²) in [7, 11) is 0. The predicted octanol–water partition coefficient (Wildman–Crippen LogP) is 1.21. The van der Waals surface area contributed by atoms with E-state index in [1.165, 1.54) is 29.2 Å². The fourth-order valence-electron chi connectivity index (χ4n) is 2.33. The van der Waals surface area contributed by atoms with Crippen LogP contribution in [0, 0.1) is 10.1 Å². The second kappa shape index (κ2) is 5.68. The highest BCUT2D eigenvalue weighted by Crippen LogP contribution is 2.19. The third-order valence-corrected chi connectivity index (χ3v) is 3.36. The number of carboxylic acids is 1. The molecule has 106 valence electrons. The Morgan fingerprint density at radius 2 is 2.00 bits per heavy atom. The molecular weight excluding hydrogens is 264 g/mol. The Hall–Kier alpha value is -2.44. The molecule has 20 heavy (non-hydrogen) atoms. The van der Waals surface area contributed by atoms with Crippen molar-refractivity contribution in [1.82, 2.24) is 4.90 Å². The lowest BCUT2D eigenvalue weighted by atomic mass is 10.1. The fourth-order valence-corrected chi connectivity index (χ4v) is 2.33. The molecule has 1 aliphatic rings. The van der Waals surface area contributed by atoms with Crippen LogP contribution in [0.3, 0.4) is 0 Å². The van der Waals surface area contributed by atoms with Crippen LogP contribution >= 0.6 is 0 Å². The van der Waals surface area contributed by atoms with Gasteiger partial charge in [-0.2, -0.15) is 0 Å². The van der Waals surface area contributed by atoms with E-state index in [9.17, 15) is 19.7 Å². The number of carbonyl (C=O) groups is 2. The van der Waals surface area contributed by atoms with Crippen molar-refractivity contribution in [2.75, 3.05) is 6.54 Å². The number of carbonyl (C=O) groups excluding carboxylic acids is 1. The molecule has 1 aromatic carbocycles. The van der Waals surface area contributed by atoms with Crippen LogP contribution in [0.15, 0.2) is 24.3 Å². The van der Waals surface area contributed by atoms with Gasteiger partial charge in [-0.05, 0) is 18.4 Å². The molecule has 1 saturated heterocycles. The number of carboxylic acid groups (broad SMARTS) is 1. The first-order valence-electron chi connectivity index (χ1n) is 6.24. The van der Waals surface area contributed by atoms with Gasteiger partial charge in [-0.3, -0.25) is 14.9 Å². The van der Waals surface area contributed by atoms with E-state index in [0.717, 1.165) is 0 Å². The molecule has 7 nitrogen and oxygen atoms in total. The Morgan fingerprint density at radius 1 is 1.35 bits per heavy atom. The van der Waals surface area contributed by atoms with Crippen molar-refractivity contribution < 1.29 is 19.6 Å². The summed E-state index contributed by atoms with van der Waals surface area (Å²) >= 11 is 0. The number of aliphatic carboxylic acids is 1. The highest BCUT2D eigenvalue weighted by molar-refractivity contribution is 5.85. The van der Waals surface area contributed by atoms with Crippen molar-refractivity contribution in [3.05, 3.63) is 39.9 Å². The zero-order chi connectivity index (χ0) is 14.7. The SMILES string of the molecule is O=C(O)[C@@H]1CCCN1C(=O)Cc1ccc([N+](=O)[O-])cc1. The number of likely N-dealkylation sites (tertiary alicyclic amines) is 1. The zero-order valence-corrected chi connectivity index (χ0v) is 10.7. The van der Waals surface area contributed by atoms with Gasteiger partial charge in [-0.1, -0.05) is 12.1 Å². The minimum absolute atomic E-state index is 0.0363. The molecule has 0 saturated carbocycles. The van der Waals surface area contributed by atoms with Crippen LogP contribution in [0.4, 0.5) is 5.69 Å². The molecule has 1 N–H and O–H groups in total. The van der Waals surface area contributed by atoms with E-state index in [4.69, 9.17) is 5.11 Å². The molecule has 0 aromatic heterocycles. The van der Waals surface area contributed by atoms with Gasteiger partial charge in [-0.15, -0.1) is 0 Å². The quantitative estimate of drug-likeness (QED) is 0.659. The van der Waals surface area contributed by atoms with Crippen LogP contribution in [0.1, 0.15) is 18.4 Å². The molecule has 1 aliphatic heterocycles. The molecule has 1 heterocycles. The number of hydrogen-bond donors (Lipinski definition) is 1. The summed E-state index contributed by atoms with van der Waals surface area (Å²) in [5, 5.41) is 19.6. The van der Waals surface area contributed by atoms with Crippen molar-refractivity contribution in [2.45, 2.75) is 25.3 Å². The van der Waals surface area contributed by atoms with Crippen molar-refractivity contribution in [1.29, 1.82) is 0 Å². The maximum absolute atomic E-state index is 12.1. The normalized spacial score (nSPS) is 18.0. The maximum Gasteiger partial charge on any atom is 0.326 e. The van der Waals surface area contributed by atoms with Gasteiger partial charge >= 0.3 is 5.97 Å². The van der Waals surface area contributed by atoms with Crippen molar-refractivity contribution >= 4 is 17.6 Å². The number of non-ortho nitro benzene ring substituents is 1. The molecular formula is C13H14N2O5. The van der Waals surface area contributed by atoms with Gasteiger partial charge in [-0.25, -0.2) is 4.79 Å². The summed E-state index contributed by atoms with van der Waals surface area (Å²) in [5.74, 6) is -1.25. The number of amides is 1. The molecule has 1 amide bonds. The van der Waals surface area contributed by atoms with Gasteiger partial charge in [0.25, 0.3) is 5.69 Å². The maximum atomic E-state index is 12.1. The van der Waals surface area contributed by atoms with E-state index in [1.54, 1.807) is 0 Å². The summed E-state index contributed by atoms with van der Waals surface area (Å²) in [4.78, 5) is 34.5.